The molecule has 3 unspecified atom stereocenters. The number of hydrogen-bond acceptors (Lipinski definition) is 3. The van der Waals surface area contributed by atoms with Crippen molar-refractivity contribution < 1.29 is 14.3 Å². The minimum Gasteiger partial charge on any atom is -0.381 e. The summed E-state index contributed by atoms with van der Waals surface area (Å²) in [6.45, 7) is 1.63. The van der Waals surface area contributed by atoms with Gasteiger partial charge in [-0.1, -0.05) is 0 Å². The predicted molar refractivity (Wildman–Crippen MR) is 49.6 cm³/mol. The monoisotopic (exact) mass is 186 g/mol. The third kappa shape index (κ3) is 2.51. The zero-order valence-electron chi connectivity index (χ0n) is 8.58. The number of Topliss-reactive ketones (excluding diaryl/α,β-unsaturated/α-hetero) is 1. The molecule has 0 heterocycles. The molecule has 0 bridgehead atoms. The van der Waals surface area contributed by atoms with Crippen molar-refractivity contribution in [3.05, 3.63) is 0 Å². The van der Waals surface area contributed by atoms with E-state index in [0.717, 1.165) is 19.3 Å². The van der Waals surface area contributed by atoms with Crippen LogP contribution in [0.4, 0.5) is 0 Å². The van der Waals surface area contributed by atoms with E-state index in [-0.39, 0.29) is 23.9 Å². The molecule has 0 spiro atoms. The van der Waals surface area contributed by atoms with Gasteiger partial charge in [-0.15, -0.1) is 0 Å². The molecule has 1 rings (SSSR count). The van der Waals surface area contributed by atoms with Crippen molar-refractivity contribution in [2.24, 2.45) is 5.92 Å². The van der Waals surface area contributed by atoms with E-state index in [1.54, 1.807) is 21.1 Å². The van der Waals surface area contributed by atoms with E-state index in [2.05, 4.69) is 0 Å². The lowest BCUT2D eigenvalue weighted by Gasteiger charge is -2.33. The summed E-state index contributed by atoms with van der Waals surface area (Å²) in [5.41, 5.74) is 0. The van der Waals surface area contributed by atoms with Crippen LogP contribution in [-0.2, 0) is 14.3 Å². The highest BCUT2D eigenvalue weighted by molar-refractivity contribution is 5.79. The molecule has 1 fully saturated rings. The van der Waals surface area contributed by atoms with Gasteiger partial charge >= 0.3 is 0 Å². The van der Waals surface area contributed by atoms with Gasteiger partial charge in [-0.25, -0.2) is 0 Å². The van der Waals surface area contributed by atoms with E-state index in [0.29, 0.717) is 0 Å². The number of ether oxygens (including phenoxy) is 2. The van der Waals surface area contributed by atoms with E-state index in [9.17, 15) is 4.79 Å². The lowest BCUT2D eigenvalue weighted by atomic mass is 9.82. The molecule has 3 atom stereocenters. The minimum absolute atomic E-state index is 0.0312. The highest BCUT2D eigenvalue weighted by Gasteiger charge is 2.33. The first-order valence-corrected chi connectivity index (χ1v) is 4.75. The summed E-state index contributed by atoms with van der Waals surface area (Å²) in [5, 5.41) is 0. The zero-order chi connectivity index (χ0) is 9.84. The van der Waals surface area contributed by atoms with Gasteiger partial charge in [0, 0.05) is 20.1 Å². The van der Waals surface area contributed by atoms with Crippen LogP contribution in [0.1, 0.15) is 26.2 Å². The fraction of sp³-hybridized carbons (Fsp3) is 0.900. The lowest BCUT2D eigenvalue weighted by molar-refractivity contribution is -0.130. The normalized spacial score (nSPS) is 34.5. The average Bonchev–Trinajstić information content (AvgIpc) is 2.16. The third-order valence-corrected chi connectivity index (χ3v) is 2.90. The molecule has 1 saturated carbocycles. The topological polar surface area (TPSA) is 35.5 Å². The van der Waals surface area contributed by atoms with Crippen molar-refractivity contribution >= 4 is 5.78 Å². The number of rotatable bonds is 3. The Morgan fingerprint density at radius 2 is 1.92 bits per heavy atom. The van der Waals surface area contributed by atoms with Crippen LogP contribution in [0.5, 0.6) is 0 Å². The Bertz CT molecular complexity index is 179. The van der Waals surface area contributed by atoms with Gasteiger partial charge in [-0.05, 0) is 26.2 Å². The van der Waals surface area contributed by atoms with Crippen LogP contribution < -0.4 is 0 Å². The number of carbonyl (C=O) groups excluding carboxylic acids is 1. The van der Waals surface area contributed by atoms with Crippen LogP contribution in [0.15, 0.2) is 0 Å². The summed E-state index contributed by atoms with van der Waals surface area (Å²) in [5.74, 6) is 0.248. The first kappa shape index (κ1) is 10.7. The molecule has 0 amide bonds. The van der Waals surface area contributed by atoms with Crippen molar-refractivity contribution in [3.63, 3.8) is 0 Å². The van der Waals surface area contributed by atoms with Crippen molar-refractivity contribution in [2.45, 2.75) is 38.4 Å². The fourth-order valence-corrected chi connectivity index (χ4v) is 2.03. The Labute approximate surface area is 79.4 Å². The first-order valence-electron chi connectivity index (χ1n) is 4.75. The SMILES string of the molecule is COC1CCC(OC)C(C(C)=O)C1. The smallest absolute Gasteiger partial charge is 0.135 e. The molecule has 13 heavy (non-hydrogen) atoms. The van der Waals surface area contributed by atoms with Crippen LogP contribution in [0.25, 0.3) is 0 Å². The molecule has 1 aliphatic rings. The van der Waals surface area contributed by atoms with Crippen LogP contribution in [-0.4, -0.2) is 32.2 Å². The summed E-state index contributed by atoms with van der Waals surface area (Å²) in [6.07, 6.45) is 3.08. The molecule has 0 aliphatic heterocycles. The molecular formula is C10H18O3. The maximum Gasteiger partial charge on any atom is 0.135 e. The maximum absolute atomic E-state index is 11.3. The van der Waals surface area contributed by atoms with Gasteiger partial charge in [-0.2, -0.15) is 0 Å². The van der Waals surface area contributed by atoms with Crippen molar-refractivity contribution in [1.29, 1.82) is 0 Å². The van der Waals surface area contributed by atoms with E-state index >= 15 is 0 Å². The quantitative estimate of drug-likeness (QED) is 0.668. The third-order valence-electron chi connectivity index (χ3n) is 2.90. The largest absolute Gasteiger partial charge is 0.381 e. The molecule has 0 radical (unpaired) electrons. The molecule has 3 nitrogen and oxygen atoms in total. The van der Waals surface area contributed by atoms with E-state index < -0.39 is 0 Å². The van der Waals surface area contributed by atoms with E-state index in [1.165, 1.54) is 0 Å². The maximum atomic E-state index is 11.3. The second-order valence-corrected chi connectivity index (χ2v) is 3.66. The van der Waals surface area contributed by atoms with Gasteiger partial charge in [0.05, 0.1) is 12.2 Å². The van der Waals surface area contributed by atoms with Gasteiger partial charge in [-0.3, -0.25) is 4.79 Å². The van der Waals surface area contributed by atoms with Crippen LogP contribution in [0.2, 0.25) is 0 Å². The summed E-state index contributed by atoms with van der Waals surface area (Å²) >= 11 is 0. The van der Waals surface area contributed by atoms with Crippen LogP contribution >= 0.6 is 0 Å². The Hall–Kier alpha value is -0.410. The lowest BCUT2D eigenvalue weighted by Crippen LogP contribution is -2.37. The molecule has 0 aromatic rings. The van der Waals surface area contributed by atoms with E-state index in [1.807, 2.05) is 0 Å². The number of methoxy groups -OCH3 is 2. The molecule has 0 aromatic heterocycles. The Morgan fingerprint density at radius 1 is 1.23 bits per heavy atom. The molecule has 0 saturated heterocycles. The van der Waals surface area contributed by atoms with Gasteiger partial charge < -0.3 is 9.47 Å². The predicted octanol–water partition coefficient (Wildman–Crippen LogP) is 1.41. The zero-order valence-corrected chi connectivity index (χ0v) is 8.58. The van der Waals surface area contributed by atoms with Crippen LogP contribution in [0, 0.1) is 5.92 Å². The second kappa shape index (κ2) is 4.72. The highest BCUT2D eigenvalue weighted by Crippen LogP contribution is 2.28. The van der Waals surface area contributed by atoms with Crippen molar-refractivity contribution in [1.82, 2.24) is 0 Å². The summed E-state index contributed by atoms with van der Waals surface area (Å²) in [7, 11) is 3.38. The number of carbonyl (C=O) groups is 1. The first-order chi connectivity index (χ1) is 6.19. The average molecular weight is 186 g/mol. The molecular weight excluding hydrogens is 168 g/mol. The molecule has 1 aliphatic carbocycles. The molecule has 76 valence electrons. The Kier molecular flexibility index (Phi) is 3.88. The molecule has 0 N–H and O–H groups in total. The fourth-order valence-electron chi connectivity index (χ4n) is 2.03. The van der Waals surface area contributed by atoms with Gasteiger partial charge in [0.1, 0.15) is 5.78 Å². The highest BCUT2D eigenvalue weighted by atomic mass is 16.5. The van der Waals surface area contributed by atoms with Crippen LogP contribution in [0.3, 0.4) is 0 Å². The Morgan fingerprint density at radius 3 is 2.38 bits per heavy atom. The second-order valence-electron chi connectivity index (χ2n) is 3.66. The van der Waals surface area contributed by atoms with Gasteiger partial charge in [0.25, 0.3) is 0 Å². The minimum atomic E-state index is 0.0312. The summed E-state index contributed by atoms with van der Waals surface area (Å²) in [6, 6.07) is 0. The van der Waals surface area contributed by atoms with Crippen molar-refractivity contribution in [2.75, 3.05) is 14.2 Å². The summed E-state index contributed by atoms with van der Waals surface area (Å²) < 4.78 is 10.5. The van der Waals surface area contributed by atoms with Gasteiger partial charge in [0.2, 0.25) is 0 Å². The van der Waals surface area contributed by atoms with Gasteiger partial charge in [0.15, 0.2) is 0 Å². The van der Waals surface area contributed by atoms with Crippen molar-refractivity contribution in [3.8, 4) is 0 Å². The molecule has 3 heteroatoms. The Balaban J connectivity index is 2.57. The number of hydrogen-bond donors (Lipinski definition) is 0. The molecule has 0 aromatic carbocycles. The number of ketones is 1. The van der Waals surface area contributed by atoms with E-state index in [4.69, 9.17) is 9.47 Å². The summed E-state index contributed by atoms with van der Waals surface area (Å²) in [4.78, 5) is 11.3. The standard InChI is InChI=1S/C10H18O3/c1-7(11)9-6-8(12-2)4-5-10(9)13-3/h8-10H,4-6H2,1-3H3.